The van der Waals surface area contributed by atoms with Gasteiger partial charge in [0.15, 0.2) is 0 Å². The average molecular weight is 220 g/mol. The summed E-state index contributed by atoms with van der Waals surface area (Å²) in [6.45, 7) is 1.85. The summed E-state index contributed by atoms with van der Waals surface area (Å²) >= 11 is 0. The Labute approximate surface area is 94.5 Å². The molecular formula is C12H16N2O2. The Morgan fingerprint density at radius 1 is 1.31 bits per heavy atom. The van der Waals surface area contributed by atoms with E-state index in [1.54, 1.807) is 0 Å². The largest absolute Gasteiger partial charge is 0.323 e. The molecule has 2 N–H and O–H groups in total. The van der Waals surface area contributed by atoms with Crippen molar-refractivity contribution >= 4 is 11.9 Å². The number of carbonyl (C=O) groups is 2. The van der Waals surface area contributed by atoms with E-state index in [0.717, 1.165) is 12.8 Å². The molecule has 1 heterocycles. The quantitative estimate of drug-likeness (QED) is 0.515. The first-order valence-corrected chi connectivity index (χ1v) is 5.91. The number of hydrogen-bond acceptors (Lipinski definition) is 2. The normalized spacial score (nSPS) is 45.7. The lowest BCUT2D eigenvalue weighted by molar-refractivity contribution is -0.126. The minimum Gasteiger partial charge on any atom is -0.323 e. The van der Waals surface area contributed by atoms with Gasteiger partial charge >= 0.3 is 6.03 Å². The lowest BCUT2D eigenvalue weighted by Crippen LogP contribution is -2.55. The van der Waals surface area contributed by atoms with E-state index in [4.69, 9.17) is 0 Å². The van der Waals surface area contributed by atoms with Gasteiger partial charge in [-0.1, -0.05) is 12.2 Å². The van der Waals surface area contributed by atoms with Gasteiger partial charge in [0.05, 0.1) is 0 Å². The molecule has 3 amide bonds. The summed E-state index contributed by atoms with van der Waals surface area (Å²) in [6, 6.07) is -0.349. The summed E-state index contributed by atoms with van der Waals surface area (Å²) in [7, 11) is 0. The fourth-order valence-corrected chi connectivity index (χ4v) is 3.41. The first-order valence-electron chi connectivity index (χ1n) is 5.91. The Hall–Kier alpha value is -1.32. The monoisotopic (exact) mass is 220 g/mol. The van der Waals surface area contributed by atoms with Crippen LogP contribution in [0.3, 0.4) is 0 Å². The second-order valence-electron chi connectivity index (χ2n) is 5.34. The van der Waals surface area contributed by atoms with Crippen LogP contribution in [0.15, 0.2) is 12.2 Å². The average Bonchev–Trinajstić information content (AvgIpc) is 2.55. The van der Waals surface area contributed by atoms with Crippen molar-refractivity contribution in [3.63, 3.8) is 0 Å². The van der Waals surface area contributed by atoms with Crippen molar-refractivity contribution in [3.8, 4) is 0 Å². The maximum Gasteiger partial charge on any atom is 0.322 e. The molecule has 4 aliphatic rings. The molecule has 4 heteroatoms. The second-order valence-corrected chi connectivity index (χ2v) is 5.34. The standard InChI is InChI=1S/C12H16N2O2/c1-12(10(15)13-11(16)14-12)9-6-7-2-4-8(9)5-3-7/h2,4,7-9H,3,5-6H2,1H3,(H2,13,14,15,16). The highest BCUT2D eigenvalue weighted by Gasteiger charge is 2.52. The van der Waals surface area contributed by atoms with Crippen LogP contribution < -0.4 is 10.6 Å². The molecule has 86 valence electrons. The molecule has 2 bridgehead atoms. The van der Waals surface area contributed by atoms with Crippen molar-refractivity contribution < 1.29 is 9.59 Å². The molecule has 1 aliphatic heterocycles. The van der Waals surface area contributed by atoms with Crippen LogP contribution in [0.1, 0.15) is 26.2 Å². The fraction of sp³-hybridized carbons (Fsp3) is 0.667. The predicted molar refractivity (Wildman–Crippen MR) is 58.5 cm³/mol. The van der Waals surface area contributed by atoms with Crippen LogP contribution in [0.4, 0.5) is 4.79 Å². The highest BCUT2D eigenvalue weighted by molar-refractivity contribution is 6.07. The van der Waals surface area contributed by atoms with Crippen LogP contribution in [0, 0.1) is 17.8 Å². The van der Waals surface area contributed by atoms with Crippen molar-refractivity contribution in [1.29, 1.82) is 0 Å². The molecule has 4 atom stereocenters. The van der Waals surface area contributed by atoms with Gasteiger partial charge in [0, 0.05) is 0 Å². The number of rotatable bonds is 1. The molecule has 2 fully saturated rings. The third-order valence-electron chi connectivity index (χ3n) is 4.39. The summed E-state index contributed by atoms with van der Waals surface area (Å²) in [6.07, 6.45) is 7.88. The molecule has 4 unspecified atom stereocenters. The van der Waals surface area contributed by atoms with Crippen molar-refractivity contribution in [2.75, 3.05) is 0 Å². The van der Waals surface area contributed by atoms with E-state index in [1.807, 2.05) is 6.92 Å². The zero-order chi connectivity index (χ0) is 11.3. The maximum atomic E-state index is 11.9. The summed E-state index contributed by atoms with van der Waals surface area (Å²) in [5, 5.41) is 5.15. The second kappa shape index (κ2) is 3.09. The van der Waals surface area contributed by atoms with Crippen LogP contribution >= 0.6 is 0 Å². The van der Waals surface area contributed by atoms with E-state index in [0.29, 0.717) is 11.8 Å². The number of nitrogens with one attached hydrogen (secondary N) is 2. The van der Waals surface area contributed by atoms with Gasteiger partial charge in [-0.2, -0.15) is 0 Å². The predicted octanol–water partition coefficient (Wildman–Crippen LogP) is 1.19. The number of amides is 3. The number of carbonyl (C=O) groups excluding carboxylic acids is 2. The zero-order valence-corrected chi connectivity index (χ0v) is 9.32. The topological polar surface area (TPSA) is 58.2 Å². The molecule has 0 aromatic carbocycles. The van der Waals surface area contributed by atoms with Gasteiger partial charge in [-0.25, -0.2) is 4.79 Å². The molecule has 16 heavy (non-hydrogen) atoms. The minimum atomic E-state index is -0.703. The summed E-state index contributed by atoms with van der Waals surface area (Å²) in [4.78, 5) is 23.1. The van der Waals surface area contributed by atoms with Crippen molar-refractivity contribution in [2.45, 2.75) is 31.7 Å². The van der Waals surface area contributed by atoms with Crippen LogP contribution in [-0.2, 0) is 4.79 Å². The molecule has 1 saturated carbocycles. The zero-order valence-electron chi connectivity index (χ0n) is 9.32. The molecule has 0 aromatic heterocycles. The van der Waals surface area contributed by atoms with Gasteiger partial charge in [-0.05, 0) is 43.9 Å². The van der Waals surface area contributed by atoms with E-state index >= 15 is 0 Å². The van der Waals surface area contributed by atoms with Gasteiger partial charge in [-0.3, -0.25) is 10.1 Å². The van der Waals surface area contributed by atoms with Crippen LogP contribution in [0.5, 0.6) is 0 Å². The Bertz CT molecular complexity index is 390. The Morgan fingerprint density at radius 2 is 2.12 bits per heavy atom. The number of imide groups is 1. The maximum absolute atomic E-state index is 11.9. The lowest BCUT2D eigenvalue weighted by atomic mass is 9.62. The van der Waals surface area contributed by atoms with E-state index in [2.05, 4.69) is 22.8 Å². The first kappa shape index (κ1) is 9.87. The lowest BCUT2D eigenvalue weighted by Gasteiger charge is -2.44. The molecular weight excluding hydrogens is 204 g/mol. The van der Waals surface area contributed by atoms with Gasteiger partial charge in [0.1, 0.15) is 5.54 Å². The van der Waals surface area contributed by atoms with Crippen molar-refractivity contribution in [2.24, 2.45) is 17.8 Å². The minimum absolute atomic E-state index is 0.163. The van der Waals surface area contributed by atoms with Gasteiger partial charge < -0.3 is 5.32 Å². The Balaban J connectivity index is 1.91. The van der Waals surface area contributed by atoms with E-state index < -0.39 is 5.54 Å². The Kier molecular flexibility index (Phi) is 1.91. The van der Waals surface area contributed by atoms with Crippen molar-refractivity contribution in [3.05, 3.63) is 12.2 Å². The third-order valence-corrected chi connectivity index (χ3v) is 4.39. The highest BCUT2D eigenvalue weighted by atomic mass is 16.2. The Morgan fingerprint density at radius 3 is 2.56 bits per heavy atom. The molecule has 4 rings (SSSR count). The fourth-order valence-electron chi connectivity index (χ4n) is 3.41. The number of hydrogen-bond donors (Lipinski definition) is 2. The smallest absolute Gasteiger partial charge is 0.322 e. The number of allylic oxidation sites excluding steroid dienone is 2. The highest BCUT2D eigenvalue weighted by Crippen LogP contribution is 2.45. The van der Waals surface area contributed by atoms with Gasteiger partial charge in [0.25, 0.3) is 5.91 Å². The van der Waals surface area contributed by atoms with E-state index in [-0.39, 0.29) is 17.9 Å². The van der Waals surface area contributed by atoms with Gasteiger partial charge in [-0.15, -0.1) is 0 Å². The van der Waals surface area contributed by atoms with Crippen molar-refractivity contribution in [1.82, 2.24) is 10.6 Å². The van der Waals surface area contributed by atoms with Gasteiger partial charge in [0.2, 0.25) is 0 Å². The summed E-state index contributed by atoms with van der Waals surface area (Å²) < 4.78 is 0. The molecule has 0 radical (unpaired) electrons. The molecule has 3 aliphatic carbocycles. The van der Waals surface area contributed by atoms with E-state index in [1.165, 1.54) is 6.42 Å². The van der Waals surface area contributed by atoms with Crippen LogP contribution in [-0.4, -0.2) is 17.5 Å². The van der Waals surface area contributed by atoms with Crippen LogP contribution in [0.25, 0.3) is 0 Å². The molecule has 0 aromatic rings. The molecule has 4 nitrogen and oxygen atoms in total. The molecule has 1 saturated heterocycles. The SMILES string of the molecule is CC1(C2CC3C=CC2CC3)NC(=O)NC1=O. The van der Waals surface area contributed by atoms with Crippen LogP contribution in [0.2, 0.25) is 0 Å². The summed E-state index contributed by atoms with van der Waals surface area (Å²) in [5.41, 5.74) is -0.703. The summed E-state index contributed by atoms with van der Waals surface area (Å²) in [5.74, 6) is 1.13. The number of fused-ring (bicyclic) bond motifs is 2. The third kappa shape index (κ3) is 1.22. The van der Waals surface area contributed by atoms with E-state index in [9.17, 15) is 9.59 Å². The first-order chi connectivity index (χ1) is 7.59. The molecule has 0 spiro atoms. The number of urea groups is 1.